The van der Waals surface area contributed by atoms with Gasteiger partial charge < -0.3 is 14.2 Å². The van der Waals surface area contributed by atoms with Crippen LogP contribution in [0, 0.1) is 6.92 Å². The maximum Gasteiger partial charge on any atom is 0.340 e. The Bertz CT molecular complexity index is 625. The first kappa shape index (κ1) is 12.0. The largest absolute Gasteiger partial charge is 0.462 e. The zero-order valence-electron chi connectivity index (χ0n) is 11.1. The third-order valence-electron chi connectivity index (χ3n) is 3.52. The maximum absolute atomic E-state index is 12.0. The summed E-state index contributed by atoms with van der Waals surface area (Å²) in [6.45, 7) is 4.10. The molecule has 0 aliphatic heterocycles. The monoisotopic (exact) mass is 260 g/mol. The minimum absolute atomic E-state index is 0.318. The van der Waals surface area contributed by atoms with Crippen molar-refractivity contribution in [3.05, 3.63) is 28.7 Å². The second-order valence-electron chi connectivity index (χ2n) is 4.71. The molecule has 0 radical (unpaired) electrons. The van der Waals surface area contributed by atoms with Gasteiger partial charge in [0, 0.05) is 17.5 Å². The van der Waals surface area contributed by atoms with E-state index in [1.54, 1.807) is 13.1 Å². The Balaban J connectivity index is 2.16. The van der Waals surface area contributed by atoms with E-state index < -0.39 is 0 Å². The SMILES string of the molecule is CCOC(=O)c1c[nH]c2c1-c1onc(C)c1CCC2. The van der Waals surface area contributed by atoms with Crippen LogP contribution in [-0.2, 0) is 17.6 Å². The molecule has 2 heterocycles. The molecule has 100 valence electrons. The molecule has 0 saturated heterocycles. The molecule has 0 bridgehead atoms. The molecule has 1 N–H and O–H groups in total. The number of hydrogen-bond donors (Lipinski definition) is 1. The molecule has 0 atom stereocenters. The Kier molecular flexibility index (Phi) is 2.89. The molecular formula is C14H16N2O3. The van der Waals surface area contributed by atoms with Crippen molar-refractivity contribution in [3.8, 4) is 11.3 Å². The van der Waals surface area contributed by atoms with Gasteiger partial charge in [-0.05, 0) is 33.1 Å². The number of hydrogen-bond acceptors (Lipinski definition) is 4. The fourth-order valence-corrected chi connectivity index (χ4v) is 2.61. The molecule has 5 heteroatoms. The van der Waals surface area contributed by atoms with Gasteiger partial charge in [-0.15, -0.1) is 0 Å². The van der Waals surface area contributed by atoms with E-state index in [2.05, 4.69) is 10.1 Å². The van der Waals surface area contributed by atoms with Crippen LogP contribution in [-0.4, -0.2) is 22.7 Å². The summed E-state index contributed by atoms with van der Waals surface area (Å²) in [5.74, 6) is 0.399. The number of ether oxygens (including phenoxy) is 1. The minimum atomic E-state index is -0.318. The Labute approximate surface area is 110 Å². The zero-order valence-corrected chi connectivity index (χ0v) is 11.1. The van der Waals surface area contributed by atoms with E-state index in [0.29, 0.717) is 17.9 Å². The standard InChI is InChI=1S/C14H16N2O3/c1-3-18-14(17)10-7-15-11-6-4-5-9-8(2)16-19-13(9)12(10)11/h7,15H,3-6H2,1-2H3. The van der Waals surface area contributed by atoms with Crippen LogP contribution in [0.4, 0.5) is 0 Å². The lowest BCUT2D eigenvalue weighted by molar-refractivity contribution is 0.0527. The molecule has 3 rings (SSSR count). The number of rotatable bonds is 2. The number of carbonyl (C=O) groups is 1. The van der Waals surface area contributed by atoms with Gasteiger partial charge >= 0.3 is 5.97 Å². The summed E-state index contributed by atoms with van der Waals surface area (Å²) in [5, 5.41) is 4.02. The van der Waals surface area contributed by atoms with Crippen molar-refractivity contribution in [2.45, 2.75) is 33.1 Å². The molecule has 5 nitrogen and oxygen atoms in total. The number of carbonyl (C=O) groups excluding carboxylic acids is 1. The fourth-order valence-electron chi connectivity index (χ4n) is 2.61. The summed E-state index contributed by atoms with van der Waals surface area (Å²) in [5.41, 5.74) is 4.39. The summed E-state index contributed by atoms with van der Waals surface area (Å²) in [6, 6.07) is 0. The van der Waals surface area contributed by atoms with Crippen molar-refractivity contribution in [3.63, 3.8) is 0 Å². The minimum Gasteiger partial charge on any atom is -0.462 e. The number of aryl methyl sites for hydroxylation is 2. The number of nitrogens with one attached hydrogen (secondary N) is 1. The van der Waals surface area contributed by atoms with E-state index in [-0.39, 0.29) is 5.97 Å². The highest BCUT2D eigenvalue weighted by Crippen LogP contribution is 2.36. The number of aromatic nitrogens is 2. The second-order valence-corrected chi connectivity index (χ2v) is 4.71. The molecular weight excluding hydrogens is 244 g/mol. The average Bonchev–Trinajstić information content (AvgIpc) is 2.90. The Morgan fingerprint density at radius 3 is 3.16 bits per heavy atom. The molecule has 0 spiro atoms. The Morgan fingerprint density at radius 2 is 2.37 bits per heavy atom. The third kappa shape index (κ3) is 1.85. The van der Waals surface area contributed by atoms with Crippen LogP contribution in [0.3, 0.4) is 0 Å². The van der Waals surface area contributed by atoms with Crippen molar-refractivity contribution < 1.29 is 14.1 Å². The van der Waals surface area contributed by atoms with E-state index >= 15 is 0 Å². The molecule has 0 saturated carbocycles. The van der Waals surface area contributed by atoms with E-state index in [9.17, 15) is 4.79 Å². The van der Waals surface area contributed by atoms with Crippen molar-refractivity contribution in [2.75, 3.05) is 6.61 Å². The van der Waals surface area contributed by atoms with Gasteiger partial charge in [-0.25, -0.2) is 4.79 Å². The van der Waals surface area contributed by atoms with Gasteiger partial charge in [0.1, 0.15) is 0 Å². The van der Waals surface area contributed by atoms with Gasteiger partial charge in [0.15, 0.2) is 5.76 Å². The average molecular weight is 260 g/mol. The van der Waals surface area contributed by atoms with Gasteiger partial charge in [0.25, 0.3) is 0 Å². The van der Waals surface area contributed by atoms with Gasteiger partial charge in [-0.3, -0.25) is 0 Å². The number of fused-ring (bicyclic) bond motifs is 3. The molecule has 19 heavy (non-hydrogen) atoms. The van der Waals surface area contributed by atoms with Gasteiger partial charge in [-0.2, -0.15) is 0 Å². The summed E-state index contributed by atoms with van der Waals surface area (Å²) in [4.78, 5) is 15.2. The molecule has 1 aliphatic rings. The highest BCUT2D eigenvalue weighted by atomic mass is 16.5. The van der Waals surface area contributed by atoms with E-state index in [4.69, 9.17) is 9.26 Å². The van der Waals surface area contributed by atoms with Crippen LogP contribution in [0.15, 0.2) is 10.7 Å². The predicted molar refractivity (Wildman–Crippen MR) is 69.0 cm³/mol. The lowest BCUT2D eigenvalue weighted by Gasteiger charge is -2.03. The summed E-state index contributed by atoms with van der Waals surface area (Å²) in [6.07, 6.45) is 4.55. The first-order chi connectivity index (χ1) is 9.22. The molecule has 1 aliphatic carbocycles. The number of nitrogens with zero attached hydrogens (tertiary/aromatic N) is 1. The predicted octanol–water partition coefficient (Wildman–Crippen LogP) is 2.64. The van der Waals surface area contributed by atoms with Crippen LogP contribution in [0.25, 0.3) is 11.3 Å². The van der Waals surface area contributed by atoms with Gasteiger partial charge in [0.05, 0.1) is 23.4 Å². The normalized spacial score (nSPS) is 13.6. The molecule has 0 amide bonds. The van der Waals surface area contributed by atoms with Gasteiger partial charge in [0.2, 0.25) is 0 Å². The van der Waals surface area contributed by atoms with Crippen molar-refractivity contribution >= 4 is 5.97 Å². The number of esters is 1. The van der Waals surface area contributed by atoms with Crippen molar-refractivity contribution in [1.29, 1.82) is 0 Å². The highest BCUT2D eigenvalue weighted by molar-refractivity contribution is 5.98. The third-order valence-corrected chi connectivity index (χ3v) is 3.52. The highest BCUT2D eigenvalue weighted by Gasteiger charge is 2.28. The van der Waals surface area contributed by atoms with Crippen LogP contribution < -0.4 is 0 Å². The lowest BCUT2D eigenvalue weighted by atomic mass is 10.0. The van der Waals surface area contributed by atoms with Crippen LogP contribution in [0.1, 0.15) is 40.7 Å². The van der Waals surface area contributed by atoms with E-state index in [1.165, 1.54) is 0 Å². The summed E-state index contributed by atoms with van der Waals surface area (Å²) in [7, 11) is 0. The van der Waals surface area contributed by atoms with Crippen molar-refractivity contribution in [2.24, 2.45) is 0 Å². The topological polar surface area (TPSA) is 68.1 Å². The summed E-state index contributed by atoms with van der Waals surface area (Å²) < 4.78 is 10.5. The quantitative estimate of drug-likeness (QED) is 0.843. The maximum atomic E-state index is 12.0. The van der Waals surface area contributed by atoms with E-state index in [0.717, 1.165) is 41.8 Å². The Morgan fingerprint density at radius 1 is 1.53 bits per heavy atom. The first-order valence-electron chi connectivity index (χ1n) is 6.55. The number of H-pyrrole nitrogens is 1. The molecule has 2 aromatic heterocycles. The summed E-state index contributed by atoms with van der Waals surface area (Å²) >= 11 is 0. The molecule has 0 unspecified atom stereocenters. The van der Waals surface area contributed by atoms with Crippen LogP contribution in [0.2, 0.25) is 0 Å². The van der Waals surface area contributed by atoms with Gasteiger partial charge in [-0.1, -0.05) is 5.16 Å². The molecule has 0 fully saturated rings. The smallest absolute Gasteiger partial charge is 0.340 e. The lowest BCUT2D eigenvalue weighted by Crippen LogP contribution is -2.05. The molecule has 0 aromatic carbocycles. The van der Waals surface area contributed by atoms with Crippen LogP contribution >= 0.6 is 0 Å². The Hall–Kier alpha value is -2.04. The van der Waals surface area contributed by atoms with E-state index in [1.807, 2.05) is 6.92 Å². The first-order valence-corrected chi connectivity index (χ1v) is 6.55. The second kappa shape index (κ2) is 4.57. The fraction of sp³-hybridized carbons (Fsp3) is 0.429. The molecule has 2 aromatic rings. The zero-order chi connectivity index (χ0) is 13.4. The number of aromatic amines is 1. The van der Waals surface area contributed by atoms with Crippen LogP contribution in [0.5, 0.6) is 0 Å². The van der Waals surface area contributed by atoms with Crippen molar-refractivity contribution in [1.82, 2.24) is 10.1 Å².